The highest BCUT2D eigenvalue weighted by molar-refractivity contribution is 5.70. The summed E-state index contributed by atoms with van der Waals surface area (Å²) in [7, 11) is 1.56. The second kappa shape index (κ2) is 6.13. The molecule has 1 atom stereocenters. The maximum absolute atomic E-state index is 10.8. The van der Waals surface area contributed by atoms with Gasteiger partial charge in [0.1, 0.15) is 0 Å². The number of hydrogen-bond acceptors (Lipinski definition) is 3. The van der Waals surface area contributed by atoms with E-state index in [1.807, 2.05) is 25.1 Å². The van der Waals surface area contributed by atoms with Crippen molar-refractivity contribution in [3.8, 4) is 11.5 Å². The molecular formula is C13H18O4. The molecule has 0 aliphatic carbocycles. The number of methoxy groups -OCH3 is 1. The van der Waals surface area contributed by atoms with E-state index in [0.29, 0.717) is 24.5 Å². The van der Waals surface area contributed by atoms with Crippen LogP contribution in [0.5, 0.6) is 11.5 Å². The molecule has 17 heavy (non-hydrogen) atoms. The number of para-hydroxylation sites is 1. The minimum atomic E-state index is -0.811. The third-order valence-corrected chi connectivity index (χ3v) is 2.51. The zero-order chi connectivity index (χ0) is 12.8. The molecule has 0 aliphatic rings. The summed E-state index contributed by atoms with van der Waals surface area (Å²) in [4.78, 5) is 10.8. The Morgan fingerprint density at radius 1 is 1.47 bits per heavy atom. The van der Waals surface area contributed by atoms with Crippen LogP contribution in [-0.2, 0) is 11.2 Å². The van der Waals surface area contributed by atoms with Gasteiger partial charge in [0.25, 0.3) is 0 Å². The smallest absolute Gasteiger partial charge is 0.306 e. The Balaban J connectivity index is 2.98. The van der Waals surface area contributed by atoms with Crippen LogP contribution in [-0.4, -0.2) is 24.8 Å². The molecule has 0 fully saturated rings. The van der Waals surface area contributed by atoms with Gasteiger partial charge < -0.3 is 14.6 Å². The van der Waals surface area contributed by atoms with Gasteiger partial charge >= 0.3 is 5.97 Å². The maximum atomic E-state index is 10.8. The zero-order valence-corrected chi connectivity index (χ0v) is 10.4. The van der Waals surface area contributed by atoms with E-state index >= 15 is 0 Å². The number of benzene rings is 1. The fourth-order valence-electron chi connectivity index (χ4n) is 1.64. The zero-order valence-electron chi connectivity index (χ0n) is 10.4. The first-order valence-corrected chi connectivity index (χ1v) is 5.61. The Morgan fingerprint density at radius 2 is 2.18 bits per heavy atom. The summed E-state index contributed by atoms with van der Waals surface area (Å²) in [5.74, 6) is 0.0298. The van der Waals surface area contributed by atoms with Gasteiger partial charge in [-0.05, 0) is 25.0 Å². The van der Waals surface area contributed by atoms with E-state index in [0.717, 1.165) is 5.56 Å². The van der Waals surface area contributed by atoms with Gasteiger partial charge in [0.15, 0.2) is 11.5 Å². The van der Waals surface area contributed by atoms with Gasteiger partial charge in [0.2, 0.25) is 0 Å². The molecule has 0 saturated carbocycles. The van der Waals surface area contributed by atoms with Crippen LogP contribution in [0.15, 0.2) is 18.2 Å². The van der Waals surface area contributed by atoms with Gasteiger partial charge in [-0.25, -0.2) is 0 Å². The fraction of sp³-hybridized carbons (Fsp3) is 0.462. The molecule has 0 radical (unpaired) electrons. The predicted octanol–water partition coefficient (Wildman–Crippen LogP) is 2.36. The Morgan fingerprint density at radius 3 is 2.71 bits per heavy atom. The number of rotatable bonds is 6. The molecule has 0 bridgehead atoms. The van der Waals surface area contributed by atoms with E-state index in [9.17, 15) is 4.79 Å². The molecule has 0 amide bonds. The van der Waals surface area contributed by atoms with Crippen molar-refractivity contribution in [2.45, 2.75) is 20.3 Å². The third kappa shape index (κ3) is 3.37. The summed E-state index contributed by atoms with van der Waals surface area (Å²) in [5, 5.41) is 8.91. The highest BCUT2D eigenvalue weighted by Crippen LogP contribution is 2.32. The number of carboxylic acid groups (broad SMARTS) is 1. The maximum Gasteiger partial charge on any atom is 0.306 e. The molecule has 0 spiro atoms. The van der Waals surface area contributed by atoms with Crippen LogP contribution in [0.1, 0.15) is 19.4 Å². The number of carboxylic acids is 1. The van der Waals surface area contributed by atoms with Crippen molar-refractivity contribution in [1.82, 2.24) is 0 Å². The average Bonchev–Trinajstić information content (AvgIpc) is 2.29. The first kappa shape index (κ1) is 13.4. The van der Waals surface area contributed by atoms with Crippen molar-refractivity contribution in [1.29, 1.82) is 0 Å². The van der Waals surface area contributed by atoms with Gasteiger partial charge in [-0.2, -0.15) is 0 Å². The quantitative estimate of drug-likeness (QED) is 0.826. The first-order chi connectivity index (χ1) is 8.10. The lowest BCUT2D eigenvalue weighted by molar-refractivity contribution is -0.141. The predicted molar refractivity (Wildman–Crippen MR) is 64.7 cm³/mol. The summed E-state index contributed by atoms with van der Waals surface area (Å²) in [5.41, 5.74) is 0.855. The summed E-state index contributed by atoms with van der Waals surface area (Å²) in [6.45, 7) is 4.12. The van der Waals surface area contributed by atoms with E-state index in [4.69, 9.17) is 14.6 Å². The standard InChI is InChI=1S/C13H18O4/c1-4-17-11-7-5-6-10(12(11)16-3)8-9(2)13(14)15/h5-7,9H,4,8H2,1-3H3,(H,14,15). The van der Waals surface area contributed by atoms with Gasteiger partial charge in [-0.3, -0.25) is 4.79 Å². The molecule has 1 aromatic carbocycles. The number of ether oxygens (including phenoxy) is 2. The third-order valence-electron chi connectivity index (χ3n) is 2.51. The summed E-state index contributed by atoms with van der Waals surface area (Å²) in [6.07, 6.45) is 0.430. The van der Waals surface area contributed by atoms with E-state index in [1.165, 1.54) is 0 Å². The average molecular weight is 238 g/mol. The van der Waals surface area contributed by atoms with Crippen LogP contribution in [0.25, 0.3) is 0 Å². The Bertz CT molecular complexity index is 387. The molecule has 1 rings (SSSR count). The van der Waals surface area contributed by atoms with E-state index < -0.39 is 11.9 Å². The Kier molecular flexibility index (Phi) is 4.82. The molecule has 1 aromatic rings. The van der Waals surface area contributed by atoms with Crippen LogP contribution >= 0.6 is 0 Å². The normalized spacial score (nSPS) is 11.9. The van der Waals surface area contributed by atoms with Gasteiger partial charge in [0.05, 0.1) is 19.6 Å². The lowest BCUT2D eigenvalue weighted by Gasteiger charge is -2.14. The van der Waals surface area contributed by atoms with Crippen molar-refractivity contribution in [2.75, 3.05) is 13.7 Å². The van der Waals surface area contributed by atoms with Crippen LogP contribution in [0.2, 0.25) is 0 Å². The minimum absolute atomic E-state index is 0.430. The SMILES string of the molecule is CCOc1cccc(CC(C)C(=O)O)c1OC. The van der Waals surface area contributed by atoms with Crippen LogP contribution in [0.3, 0.4) is 0 Å². The molecule has 0 aromatic heterocycles. The van der Waals surface area contributed by atoms with Crippen LogP contribution in [0, 0.1) is 5.92 Å². The first-order valence-electron chi connectivity index (χ1n) is 5.61. The van der Waals surface area contributed by atoms with E-state index in [2.05, 4.69) is 0 Å². The Labute approximate surface area is 101 Å². The molecule has 0 heterocycles. The van der Waals surface area contributed by atoms with E-state index in [-0.39, 0.29) is 0 Å². The fourth-order valence-corrected chi connectivity index (χ4v) is 1.64. The van der Waals surface area contributed by atoms with Crippen molar-refractivity contribution in [2.24, 2.45) is 5.92 Å². The van der Waals surface area contributed by atoms with Gasteiger partial charge in [0, 0.05) is 0 Å². The number of aliphatic carboxylic acids is 1. The summed E-state index contributed by atoms with van der Waals surface area (Å²) < 4.78 is 10.7. The second-order valence-corrected chi connectivity index (χ2v) is 3.82. The van der Waals surface area contributed by atoms with Gasteiger partial charge in [-0.15, -0.1) is 0 Å². The van der Waals surface area contributed by atoms with Crippen molar-refractivity contribution < 1.29 is 19.4 Å². The molecule has 4 nitrogen and oxygen atoms in total. The minimum Gasteiger partial charge on any atom is -0.493 e. The lowest BCUT2D eigenvalue weighted by Crippen LogP contribution is -2.13. The molecular weight excluding hydrogens is 220 g/mol. The highest BCUT2D eigenvalue weighted by atomic mass is 16.5. The molecule has 0 aliphatic heterocycles. The molecule has 94 valence electrons. The molecule has 4 heteroatoms. The largest absolute Gasteiger partial charge is 0.493 e. The van der Waals surface area contributed by atoms with Crippen molar-refractivity contribution in [3.05, 3.63) is 23.8 Å². The van der Waals surface area contributed by atoms with Crippen LogP contribution in [0.4, 0.5) is 0 Å². The van der Waals surface area contributed by atoms with Crippen molar-refractivity contribution in [3.63, 3.8) is 0 Å². The molecule has 1 unspecified atom stereocenters. The monoisotopic (exact) mass is 238 g/mol. The second-order valence-electron chi connectivity index (χ2n) is 3.82. The van der Waals surface area contributed by atoms with Gasteiger partial charge in [-0.1, -0.05) is 19.1 Å². The molecule has 0 saturated heterocycles. The summed E-state index contributed by atoms with van der Waals surface area (Å²) >= 11 is 0. The van der Waals surface area contributed by atoms with E-state index in [1.54, 1.807) is 14.0 Å². The Hall–Kier alpha value is -1.71. The summed E-state index contributed by atoms with van der Waals surface area (Å²) in [6, 6.07) is 5.52. The number of hydrogen-bond donors (Lipinski definition) is 1. The number of carbonyl (C=O) groups is 1. The highest BCUT2D eigenvalue weighted by Gasteiger charge is 2.16. The van der Waals surface area contributed by atoms with Crippen LogP contribution < -0.4 is 9.47 Å². The van der Waals surface area contributed by atoms with Crippen molar-refractivity contribution >= 4 is 5.97 Å². The lowest BCUT2D eigenvalue weighted by atomic mass is 10.0. The topological polar surface area (TPSA) is 55.8 Å². The molecule has 1 N–H and O–H groups in total.